The number of likely N-dealkylation sites (N-methyl/N-ethyl adjacent to an activating group) is 1. The standard InChI is InChI=1S/C14H19BrFN3O2/c1-18-2-4-19(5-3-18)6-7-21-14(20)10-8-13(17)12(16)9-11(10)15/h8-9H,2-7,17H2,1H3. The fourth-order valence-electron chi connectivity index (χ4n) is 2.14. The van der Waals surface area contributed by atoms with E-state index in [1.54, 1.807) is 0 Å². The van der Waals surface area contributed by atoms with Crippen molar-refractivity contribution in [2.75, 3.05) is 52.1 Å². The highest BCUT2D eigenvalue weighted by Crippen LogP contribution is 2.23. The summed E-state index contributed by atoms with van der Waals surface area (Å²) in [7, 11) is 2.09. The van der Waals surface area contributed by atoms with Crippen LogP contribution in [0.2, 0.25) is 0 Å². The molecule has 0 atom stereocenters. The zero-order chi connectivity index (χ0) is 15.4. The molecule has 5 nitrogen and oxygen atoms in total. The van der Waals surface area contributed by atoms with Crippen LogP contribution in [0.3, 0.4) is 0 Å². The van der Waals surface area contributed by atoms with Crippen molar-refractivity contribution in [2.45, 2.75) is 0 Å². The predicted octanol–water partition coefficient (Wildman–Crippen LogP) is 1.57. The maximum atomic E-state index is 13.2. The van der Waals surface area contributed by atoms with Crippen molar-refractivity contribution in [3.8, 4) is 0 Å². The van der Waals surface area contributed by atoms with Gasteiger partial charge in [-0.05, 0) is 35.1 Å². The molecular weight excluding hydrogens is 341 g/mol. The van der Waals surface area contributed by atoms with Gasteiger partial charge in [0.15, 0.2) is 0 Å². The Labute approximate surface area is 132 Å². The highest BCUT2D eigenvalue weighted by molar-refractivity contribution is 9.10. The van der Waals surface area contributed by atoms with E-state index in [-0.39, 0.29) is 11.3 Å². The first-order chi connectivity index (χ1) is 9.97. The van der Waals surface area contributed by atoms with E-state index in [0.717, 1.165) is 26.2 Å². The van der Waals surface area contributed by atoms with Crippen molar-refractivity contribution in [3.05, 3.63) is 28.0 Å². The SMILES string of the molecule is CN1CCN(CCOC(=O)c2cc(N)c(F)cc2Br)CC1. The van der Waals surface area contributed by atoms with Gasteiger partial charge in [-0.2, -0.15) is 0 Å². The Kier molecular flexibility index (Phi) is 5.55. The van der Waals surface area contributed by atoms with E-state index in [1.165, 1.54) is 12.1 Å². The fourth-order valence-corrected chi connectivity index (χ4v) is 2.62. The van der Waals surface area contributed by atoms with Crippen molar-refractivity contribution in [3.63, 3.8) is 0 Å². The van der Waals surface area contributed by atoms with Crippen LogP contribution < -0.4 is 5.73 Å². The number of ether oxygens (including phenoxy) is 1. The lowest BCUT2D eigenvalue weighted by Gasteiger charge is -2.32. The molecule has 2 N–H and O–H groups in total. The van der Waals surface area contributed by atoms with Gasteiger partial charge < -0.3 is 15.4 Å². The zero-order valence-corrected chi connectivity index (χ0v) is 13.5. The molecule has 0 unspecified atom stereocenters. The van der Waals surface area contributed by atoms with Gasteiger partial charge >= 0.3 is 5.97 Å². The van der Waals surface area contributed by atoms with Gasteiger partial charge in [-0.15, -0.1) is 0 Å². The smallest absolute Gasteiger partial charge is 0.339 e. The van der Waals surface area contributed by atoms with E-state index in [9.17, 15) is 9.18 Å². The Morgan fingerprint density at radius 1 is 1.38 bits per heavy atom. The minimum absolute atomic E-state index is 0.0655. The number of anilines is 1. The van der Waals surface area contributed by atoms with E-state index in [1.807, 2.05) is 0 Å². The zero-order valence-electron chi connectivity index (χ0n) is 11.9. The van der Waals surface area contributed by atoms with Crippen molar-refractivity contribution >= 4 is 27.6 Å². The highest BCUT2D eigenvalue weighted by Gasteiger charge is 2.17. The first-order valence-electron chi connectivity index (χ1n) is 6.80. The molecule has 0 aromatic heterocycles. The van der Waals surface area contributed by atoms with Crippen LogP contribution in [0.5, 0.6) is 0 Å². The van der Waals surface area contributed by atoms with Crippen molar-refractivity contribution in [1.82, 2.24) is 9.80 Å². The molecule has 0 saturated carbocycles. The summed E-state index contributed by atoms with van der Waals surface area (Å²) < 4.78 is 18.8. The minimum Gasteiger partial charge on any atom is -0.461 e. The van der Waals surface area contributed by atoms with Crippen molar-refractivity contribution in [1.29, 1.82) is 0 Å². The van der Waals surface area contributed by atoms with Crippen LogP contribution in [0.4, 0.5) is 10.1 Å². The van der Waals surface area contributed by atoms with E-state index in [2.05, 4.69) is 32.8 Å². The Bertz CT molecular complexity index is 519. The van der Waals surface area contributed by atoms with Crippen molar-refractivity contribution in [2.24, 2.45) is 0 Å². The minimum atomic E-state index is -0.559. The van der Waals surface area contributed by atoms with Gasteiger partial charge in [-0.1, -0.05) is 0 Å². The van der Waals surface area contributed by atoms with Gasteiger partial charge in [-0.3, -0.25) is 4.90 Å². The number of nitrogens with two attached hydrogens (primary N) is 1. The molecule has 1 fully saturated rings. The van der Waals surface area contributed by atoms with Gasteiger partial charge in [0.25, 0.3) is 0 Å². The molecule has 0 bridgehead atoms. The quantitative estimate of drug-likeness (QED) is 0.653. The Morgan fingerprint density at radius 3 is 2.71 bits per heavy atom. The van der Waals surface area contributed by atoms with E-state index in [0.29, 0.717) is 17.6 Å². The number of carbonyl (C=O) groups is 1. The van der Waals surface area contributed by atoms with Crippen molar-refractivity contribution < 1.29 is 13.9 Å². The number of nitrogens with zero attached hydrogens (tertiary/aromatic N) is 2. The lowest BCUT2D eigenvalue weighted by Crippen LogP contribution is -2.45. The maximum absolute atomic E-state index is 13.2. The molecule has 2 rings (SSSR count). The average molecular weight is 360 g/mol. The molecular formula is C14H19BrFN3O2. The summed E-state index contributed by atoms with van der Waals surface area (Å²) in [6.07, 6.45) is 0. The average Bonchev–Trinajstić information content (AvgIpc) is 2.45. The molecule has 1 heterocycles. The summed E-state index contributed by atoms with van der Waals surface area (Å²) in [5, 5.41) is 0. The van der Waals surface area contributed by atoms with Crippen LogP contribution in [-0.2, 0) is 4.74 Å². The topological polar surface area (TPSA) is 58.8 Å². The summed E-state index contributed by atoms with van der Waals surface area (Å²) in [5.74, 6) is -1.06. The monoisotopic (exact) mass is 359 g/mol. The Balaban J connectivity index is 1.83. The van der Waals surface area contributed by atoms with Crippen LogP contribution in [0, 0.1) is 5.82 Å². The third-order valence-electron chi connectivity index (χ3n) is 3.54. The van der Waals surface area contributed by atoms with E-state index in [4.69, 9.17) is 10.5 Å². The third-order valence-corrected chi connectivity index (χ3v) is 4.20. The molecule has 21 heavy (non-hydrogen) atoms. The Hall–Kier alpha value is -1.18. The molecule has 1 aliphatic rings. The second-order valence-electron chi connectivity index (χ2n) is 5.13. The lowest BCUT2D eigenvalue weighted by molar-refractivity contribution is 0.0431. The maximum Gasteiger partial charge on any atom is 0.339 e. The van der Waals surface area contributed by atoms with Gasteiger partial charge in [0.05, 0.1) is 11.3 Å². The number of hydrogen-bond acceptors (Lipinski definition) is 5. The van der Waals surface area contributed by atoms with Crippen LogP contribution in [-0.4, -0.2) is 62.1 Å². The molecule has 7 heteroatoms. The molecule has 0 amide bonds. The second kappa shape index (κ2) is 7.20. The number of piperazine rings is 1. The normalized spacial score (nSPS) is 16.9. The summed E-state index contributed by atoms with van der Waals surface area (Å²) in [6, 6.07) is 2.46. The molecule has 0 radical (unpaired) electrons. The van der Waals surface area contributed by atoms with Crippen LogP contribution >= 0.6 is 15.9 Å². The molecule has 1 aliphatic heterocycles. The summed E-state index contributed by atoms with van der Waals surface area (Å²) >= 11 is 3.14. The largest absolute Gasteiger partial charge is 0.461 e. The number of nitrogen functional groups attached to an aromatic ring is 1. The first kappa shape index (κ1) is 16.2. The van der Waals surface area contributed by atoms with E-state index < -0.39 is 11.8 Å². The van der Waals surface area contributed by atoms with Crippen LogP contribution in [0.25, 0.3) is 0 Å². The van der Waals surface area contributed by atoms with Gasteiger partial charge in [0.1, 0.15) is 12.4 Å². The Morgan fingerprint density at radius 2 is 2.05 bits per heavy atom. The molecule has 0 aliphatic carbocycles. The highest BCUT2D eigenvalue weighted by atomic mass is 79.9. The van der Waals surface area contributed by atoms with Crippen LogP contribution in [0.1, 0.15) is 10.4 Å². The first-order valence-corrected chi connectivity index (χ1v) is 7.59. The number of rotatable bonds is 4. The molecule has 1 aromatic carbocycles. The van der Waals surface area contributed by atoms with Gasteiger partial charge in [0, 0.05) is 37.2 Å². The second-order valence-corrected chi connectivity index (χ2v) is 5.99. The number of esters is 1. The summed E-state index contributed by atoms with van der Waals surface area (Å²) in [4.78, 5) is 16.5. The van der Waals surface area contributed by atoms with E-state index >= 15 is 0 Å². The van der Waals surface area contributed by atoms with Gasteiger partial charge in [-0.25, -0.2) is 9.18 Å². The summed E-state index contributed by atoms with van der Waals surface area (Å²) in [6.45, 7) is 5.00. The number of carbonyl (C=O) groups excluding carboxylic acids is 1. The fraction of sp³-hybridized carbons (Fsp3) is 0.500. The predicted molar refractivity (Wildman–Crippen MR) is 82.7 cm³/mol. The third kappa shape index (κ3) is 4.39. The summed E-state index contributed by atoms with van der Waals surface area (Å²) in [5.41, 5.74) is 5.65. The van der Waals surface area contributed by atoms with Crippen LogP contribution in [0.15, 0.2) is 16.6 Å². The lowest BCUT2D eigenvalue weighted by atomic mass is 10.2. The number of halogens is 2. The number of hydrogen-bond donors (Lipinski definition) is 1. The molecule has 1 saturated heterocycles. The number of benzene rings is 1. The molecule has 1 aromatic rings. The molecule has 116 valence electrons. The van der Waals surface area contributed by atoms with Gasteiger partial charge in [0.2, 0.25) is 0 Å². The molecule has 0 spiro atoms.